The highest BCUT2D eigenvalue weighted by molar-refractivity contribution is 8.00. The van der Waals surface area contributed by atoms with E-state index in [0.29, 0.717) is 5.25 Å². The maximum atomic E-state index is 2.38. The molecule has 1 aliphatic rings. The summed E-state index contributed by atoms with van der Waals surface area (Å²) < 4.78 is 0. The molecule has 0 N–H and O–H groups in total. The van der Waals surface area contributed by atoms with Crippen LogP contribution in [0.5, 0.6) is 0 Å². The van der Waals surface area contributed by atoms with Crippen LogP contribution in [0, 0.1) is 0 Å². The first-order valence-electron chi connectivity index (χ1n) is 6.89. The van der Waals surface area contributed by atoms with E-state index in [9.17, 15) is 0 Å². The maximum absolute atomic E-state index is 2.38. The molecular formula is C18H18S. The number of hydrogen-bond acceptors (Lipinski definition) is 1. The van der Waals surface area contributed by atoms with Crippen LogP contribution in [0.25, 0.3) is 6.08 Å². The third kappa shape index (κ3) is 3.30. The molecule has 1 heteroatoms. The van der Waals surface area contributed by atoms with Crippen molar-refractivity contribution in [2.45, 2.75) is 29.4 Å². The van der Waals surface area contributed by atoms with E-state index in [2.05, 4.69) is 66.7 Å². The molecule has 19 heavy (non-hydrogen) atoms. The van der Waals surface area contributed by atoms with Crippen molar-refractivity contribution >= 4 is 17.8 Å². The number of benzene rings is 2. The molecule has 0 amide bonds. The van der Waals surface area contributed by atoms with E-state index in [-0.39, 0.29) is 0 Å². The maximum Gasteiger partial charge on any atom is 0.0307 e. The molecule has 2 aromatic rings. The van der Waals surface area contributed by atoms with Gasteiger partial charge in [0, 0.05) is 10.1 Å². The third-order valence-electron chi connectivity index (χ3n) is 3.52. The second kappa shape index (κ2) is 6.12. The number of rotatable bonds is 3. The van der Waals surface area contributed by atoms with Gasteiger partial charge in [-0.05, 0) is 37.0 Å². The summed E-state index contributed by atoms with van der Waals surface area (Å²) in [6.45, 7) is 0. The van der Waals surface area contributed by atoms with E-state index in [1.165, 1.54) is 29.7 Å². The minimum Gasteiger partial charge on any atom is -0.118 e. The smallest absolute Gasteiger partial charge is 0.0307 e. The predicted molar refractivity (Wildman–Crippen MR) is 84.4 cm³/mol. The summed E-state index contributed by atoms with van der Waals surface area (Å²) in [7, 11) is 0. The molecule has 0 aliphatic heterocycles. The first-order valence-corrected chi connectivity index (χ1v) is 7.77. The summed E-state index contributed by atoms with van der Waals surface area (Å²) in [6.07, 6.45) is 6.26. The van der Waals surface area contributed by atoms with Gasteiger partial charge in [-0.3, -0.25) is 0 Å². The normalized spacial score (nSPS) is 20.8. The topological polar surface area (TPSA) is 0 Å². The zero-order valence-corrected chi connectivity index (χ0v) is 11.8. The van der Waals surface area contributed by atoms with Crippen molar-refractivity contribution in [1.82, 2.24) is 0 Å². The van der Waals surface area contributed by atoms with Crippen molar-refractivity contribution in [3.8, 4) is 0 Å². The van der Waals surface area contributed by atoms with Crippen LogP contribution < -0.4 is 0 Å². The van der Waals surface area contributed by atoms with Crippen molar-refractivity contribution in [3.05, 3.63) is 71.8 Å². The van der Waals surface area contributed by atoms with Crippen molar-refractivity contribution in [1.29, 1.82) is 0 Å². The summed E-state index contributed by atoms with van der Waals surface area (Å²) in [5.74, 6) is 0. The molecule has 1 saturated carbocycles. The van der Waals surface area contributed by atoms with Gasteiger partial charge in [0.15, 0.2) is 0 Å². The first kappa shape index (κ1) is 12.6. The lowest BCUT2D eigenvalue weighted by Gasteiger charge is -2.12. The standard InChI is InChI=1S/C18H18S/c1-3-8-15(9-4-1)14-16-10-7-13-18(16)19-17-11-5-2-6-12-17/h1-6,8-9,11-12,14,18H,7,10,13H2/b16-14+. The van der Waals surface area contributed by atoms with Gasteiger partial charge < -0.3 is 0 Å². The summed E-state index contributed by atoms with van der Waals surface area (Å²) in [5.41, 5.74) is 2.93. The van der Waals surface area contributed by atoms with Crippen LogP contribution in [0.1, 0.15) is 24.8 Å². The van der Waals surface area contributed by atoms with Crippen LogP contribution in [0.2, 0.25) is 0 Å². The molecular weight excluding hydrogens is 248 g/mol. The quantitative estimate of drug-likeness (QED) is 0.715. The van der Waals surface area contributed by atoms with Gasteiger partial charge in [-0.2, -0.15) is 0 Å². The van der Waals surface area contributed by atoms with Gasteiger partial charge in [-0.15, -0.1) is 11.8 Å². The van der Waals surface area contributed by atoms with Gasteiger partial charge in [-0.1, -0.05) is 60.2 Å². The molecule has 1 fully saturated rings. The average Bonchev–Trinajstić information content (AvgIpc) is 2.88. The molecule has 1 atom stereocenters. The Morgan fingerprint density at radius 2 is 1.58 bits per heavy atom. The van der Waals surface area contributed by atoms with Gasteiger partial charge in [0.05, 0.1) is 0 Å². The Morgan fingerprint density at radius 1 is 0.895 bits per heavy atom. The van der Waals surface area contributed by atoms with Crippen LogP contribution in [-0.2, 0) is 0 Å². The summed E-state index contributed by atoms with van der Waals surface area (Å²) in [4.78, 5) is 1.38. The predicted octanol–water partition coefficient (Wildman–Crippen LogP) is 5.41. The van der Waals surface area contributed by atoms with Crippen LogP contribution in [0.15, 0.2) is 71.1 Å². The third-order valence-corrected chi connectivity index (χ3v) is 4.89. The zero-order valence-electron chi connectivity index (χ0n) is 11.0. The molecule has 2 aromatic carbocycles. The monoisotopic (exact) mass is 266 g/mol. The van der Waals surface area contributed by atoms with Crippen molar-refractivity contribution in [2.75, 3.05) is 0 Å². The molecule has 1 aliphatic carbocycles. The van der Waals surface area contributed by atoms with E-state index in [0.717, 1.165) is 0 Å². The van der Waals surface area contributed by atoms with Gasteiger partial charge >= 0.3 is 0 Å². The molecule has 96 valence electrons. The minimum atomic E-state index is 0.655. The average molecular weight is 266 g/mol. The lowest BCUT2D eigenvalue weighted by atomic mass is 10.1. The Labute approximate surface area is 119 Å². The van der Waals surface area contributed by atoms with Gasteiger partial charge in [0.25, 0.3) is 0 Å². The fraction of sp³-hybridized carbons (Fsp3) is 0.222. The summed E-state index contributed by atoms with van der Waals surface area (Å²) in [6, 6.07) is 21.4. The minimum absolute atomic E-state index is 0.655. The van der Waals surface area contributed by atoms with E-state index < -0.39 is 0 Å². The molecule has 0 spiro atoms. The second-order valence-electron chi connectivity index (χ2n) is 4.94. The SMILES string of the molecule is C(=C1/CCCC1Sc1ccccc1)/c1ccccc1. The fourth-order valence-corrected chi connectivity index (χ4v) is 3.83. The van der Waals surface area contributed by atoms with Crippen LogP contribution in [0.3, 0.4) is 0 Å². The molecule has 0 radical (unpaired) electrons. The molecule has 0 nitrogen and oxygen atoms in total. The molecule has 0 heterocycles. The van der Waals surface area contributed by atoms with Gasteiger partial charge in [0.1, 0.15) is 0 Å². The second-order valence-corrected chi connectivity index (χ2v) is 6.22. The van der Waals surface area contributed by atoms with Gasteiger partial charge in [-0.25, -0.2) is 0 Å². The highest BCUT2D eigenvalue weighted by Crippen LogP contribution is 2.39. The lowest BCUT2D eigenvalue weighted by Crippen LogP contribution is -1.97. The van der Waals surface area contributed by atoms with Crippen LogP contribution in [-0.4, -0.2) is 5.25 Å². The van der Waals surface area contributed by atoms with Crippen molar-refractivity contribution in [3.63, 3.8) is 0 Å². The summed E-state index contributed by atoms with van der Waals surface area (Å²) >= 11 is 2.01. The van der Waals surface area contributed by atoms with Gasteiger partial charge in [0.2, 0.25) is 0 Å². The Balaban J connectivity index is 1.77. The van der Waals surface area contributed by atoms with Crippen molar-refractivity contribution in [2.24, 2.45) is 0 Å². The van der Waals surface area contributed by atoms with Crippen LogP contribution in [0.4, 0.5) is 0 Å². The molecule has 0 bridgehead atoms. The zero-order chi connectivity index (χ0) is 12.9. The highest BCUT2D eigenvalue weighted by atomic mass is 32.2. The highest BCUT2D eigenvalue weighted by Gasteiger charge is 2.21. The summed E-state index contributed by atoms with van der Waals surface area (Å²) in [5, 5.41) is 0.655. The molecule has 0 saturated heterocycles. The van der Waals surface area contributed by atoms with Crippen LogP contribution >= 0.6 is 11.8 Å². The van der Waals surface area contributed by atoms with E-state index in [4.69, 9.17) is 0 Å². The number of thioether (sulfide) groups is 1. The molecule has 1 unspecified atom stereocenters. The largest absolute Gasteiger partial charge is 0.118 e. The Bertz CT molecular complexity index is 542. The Hall–Kier alpha value is -1.47. The Kier molecular flexibility index (Phi) is 4.04. The Morgan fingerprint density at radius 3 is 2.32 bits per heavy atom. The van der Waals surface area contributed by atoms with E-state index in [1.807, 2.05) is 11.8 Å². The first-order chi connectivity index (χ1) is 9.42. The van der Waals surface area contributed by atoms with E-state index >= 15 is 0 Å². The lowest BCUT2D eigenvalue weighted by molar-refractivity contribution is 0.893. The number of hydrogen-bond donors (Lipinski definition) is 0. The fourth-order valence-electron chi connectivity index (χ4n) is 2.56. The van der Waals surface area contributed by atoms with E-state index in [1.54, 1.807) is 5.57 Å². The molecule has 0 aromatic heterocycles. The molecule has 3 rings (SSSR count). The van der Waals surface area contributed by atoms with Crippen molar-refractivity contribution < 1.29 is 0 Å².